The number of hydrogen-bond acceptors (Lipinski definition) is 6. The molecule has 2 rings (SSSR count). The maximum absolute atomic E-state index is 11.6. The Balaban J connectivity index is 2.04. The summed E-state index contributed by atoms with van der Waals surface area (Å²) >= 11 is 1.23. The fraction of sp³-hybridized carbons (Fsp3) is 0.333. The fourth-order valence-corrected chi connectivity index (χ4v) is 2.09. The van der Waals surface area contributed by atoms with Crippen LogP contribution in [-0.2, 0) is 4.79 Å². The molecule has 0 saturated heterocycles. The van der Waals surface area contributed by atoms with Gasteiger partial charge in [0, 0.05) is 18.9 Å². The van der Waals surface area contributed by atoms with Crippen molar-refractivity contribution in [3.8, 4) is 11.5 Å². The first-order chi connectivity index (χ1) is 9.20. The van der Waals surface area contributed by atoms with Crippen molar-refractivity contribution in [1.29, 1.82) is 0 Å². The zero-order chi connectivity index (χ0) is 13.7. The van der Waals surface area contributed by atoms with Crippen molar-refractivity contribution in [2.24, 2.45) is 0 Å². The molecule has 0 fully saturated rings. The molecule has 1 amide bonds. The predicted octanol–water partition coefficient (Wildman–Crippen LogP) is 1.75. The van der Waals surface area contributed by atoms with Crippen molar-refractivity contribution >= 4 is 17.7 Å². The van der Waals surface area contributed by atoms with E-state index in [0.717, 1.165) is 5.56 Å². The topological polar surface area (TPSA) is 80.9 Å². The van der Waals surface area contributed by atoms with Gasteiger partial charge in [-0.3, -0.25) is 9.78 Å². The molecule has 1 atom stereocenters. The van der Waals surface area contributed by atoms with Gasteiger partial charge in [0.05, 0.1) is 10.8 Å². The zero-order valence-corrected chi connectivity index (χ0v) is 11.5. The van der Waals surface area contributed by atoms with Crippen molar-refractivity contribution in [2.75, 3.05) is 6.54 Å². The first-order valence-electron chi connectivity index (χ1n) is 5.89. The minimum atomic E-state index is -0.276. The quantitative estimate of drug-likeness (QED) is 0.839. The van der Waals surface area contributed by atoms with Crippen LogP contribution in [0.15, 0.2) is 34.2 Å². The van der Waals surface area contributed by atoms with Crippen LogP contribution in [0.1, 0.15) is 13.8 Å². The van der Waals surface area contributed by atoms with Gasteiger partial charge in [-0.25, -0.2) is 0 Å². The number of thioether (sulfide) groups is 1. The van der Waals surface area contributed by atoms with E-state index in [1.807, 2.05) is 13.0 Å². The lowest BCUT2D eigenvalue weighted by molar-refractivity contribution is -0.120. The number of carbonyl (C=O) groups is 1. The molecule has 0 aliphatic rings. The Bertz CT molecular complexity index is 544. The smallest absolute Gasteiger partial charge is 0.277 e. The number of nitrogens with one attached hydrogen (secondary N) is 1. The van der Waals surface area contributed by atoms with Crippen LogP contribution in [0.3, 0.4) is 0 Å². The summed E-state index contributed by atoms with van der Waals surface area (Å²) in [5, 5.41) is 10.7. The first-order valence-corrected chi connectivity index (χ1v) is 6.77. The van der Waals surface area contributed by atoms with E-state index in [2.05, 4.69) is 20.5 Å². The van der Waals surface area contributed by atoms with E-state index in [1.54, 1.807) is 25.4 Å². The molecule has 19 heavy (non-hydrogen) atoms. The van der Waals surface area contributed by atoms with Gasteiger partial charge in [-0.15, -0.1) is 10.2 Å². The average molecular weight is 278 g/mol. The third-order valence-corrected chi connectivity index (χ3v) is 3.25. The second kappa shape index (κ2) is 6.33. The molecule has 0 aromatic carbocycles. The molecule has 0 aliphatic heterocycles. The molecule has 0 bridgehead atoms. The monoisotopic (exact) mass is 278 g/mol. The number of hydrogen-bond donors (Lipinski definition) is 1. The molecule has 6 nitrogen and oxygen atoms in total. The highest BCUT2D eigenvalue weighted by Gasteiger charge is 2.17. The first kappa shape index (κ1) is 13.5. The summed E-state index contributed by atoms with van der Waals surface area (Å²) in [6, 6.07) is 3.63. The summed E-state index contributed by atoms with van der Waals surface area (Å²) in [4.78, 5) is 15.6. The third kappa shape index (κ3) is 3.54. The molecular weight excluding hydrogens is 264 g/mol. The summed E-state index contributed by atoms with van der Waals surface area (Å²) in [5.41, 5.74) is 0.757. The largest absolute Gasteiger partial charge is 0.411 e. The molecule has 0 aliphatic carbocycles. The molecule has 2 heterocycles. The van der Waals surface area contributed by atoms with Gasteiger partial charge in [-0.05, 0) is 26.0 Å². The molecule has 0 spiro atoms. The van der Waals surface area contributed by atoms with Gasteiger partial charge < -0.3 is 9.73 Å². The normalized spacial score (nSPS) is 12.1. The van der Waals surface area contributed by atoms with Crippen LogP contribution in [0.4, 0.5) is 0 Å². The van der Waals surface area contributed by atoms with E-state index in [-0.39, 0.29) is 11.2 Å². The number of nitrogens with zero attached hydrogens (tertiary/aromatic N) is 3. The molecule has 2 aromatic heterocycles. The van der Waals surface area contributed by atoms with Crippen LogP contribution < -0.4 is 5.32 Å². The summed E-state index contributed by atoms with van der Waals surface area (Å²) in [6.45, 7) is 4.28. The Labute approximate surface area is 115 Å². The molecule has 0 radical (unpaired) electrons. The number of carbonyl (C=O) groups excluding carboxylic acids is 1. The Morgan fingerprint density at radius 2 is 2.37 bits per heavy atom. The van der Waals surface area contributed by atoms with Crippen LogP contribution in [0, 0.1) is 0 Å². The van der Waals surface area contributed by atoms with Crippen LogP contribution in [0.5, 0.6) is 0 Å². The number of pyridine rings is 1. The highest BCUT2D eigenvalue weighted by Crippen LogP contribution is 2.25. The lowest BCUT2D eigenvalue weighted by Crippen LogP contribution is -2.30. The van der Waals surface area contributed by atoms with Crippen molar-refractivity contribution < 1.29 is 9.21 Å². The minimum absolute atomic E-state index is 0.0476. The Morgan fingerprint density at radius 1 is 1.53 bits per heavy atom. The predicted molar refractivity (Wildman–Crippen MR) is 71.5 cm³/mol. The van der Waals surface area contributed by atoms with Gasteiger partial charge in [0.2, 0.25) is 11.8 Å². The zero-order valence-electron chi connectivity index (χ0n) is 10.7. The lowest BCUT2D eigenvalue weighted by Gasteiger charge is -2.07. The lowest BCUT2D eigenvalue weighted by atomic mass is 10.3. The molecule has 1 N–H and O–H groups in total. The standard InChI is InChI=1S/C12H14N4O2S/c1-3-14-10(17)8(2)19-12-16-15-11(18-12)9-5-4-6-13-7-9/h4-8H,3H2,1-2H3,(H,14,17)/t8-/m1/s1. The number of amides is 1. The van der Waals surface area contributed by atoms with Crippen LogP contribution in [-0.4, -0.2) is 32.9 Å². The number of aromatic nitrogens is 3. The molecular formula is C12H14N4O2S. The fourth-order valence-electron chi connectivity index (χ4n) is 1.39. The van der Waals surface area contributed by atoms with Crippen molar-refractivity contribution in [3.05, 3.63) is 24.5 Å². The highest BCUT2D eigenvalue weighted by atomic mass is 32.2. The highest BCUT2D eigenvalue weighted by molar-refractivity contribution is 8.00. The van der Waals surface area contributed by atoms with Gasteiger partial charge in [-0.1, -0.05) is 11.8 Å². The Morgan fingerprint density at radius 3 is 3.05 bits per heavy atom. The Kier molecular flexibility index (Phi) is 4.51. The van der Waals surface area contributed by atoms with E-state index in [1.165, 1.54) is 11.8 Å². The molecule has 2 aromatic rings. The van der Waals surface area contributed by atoms with E-state index >= 15 is 0 Å². The average Bonchev–Trinajstić information content (AvgIpc) is 2.88. The van der Waals surface area contributed by atoms with Crippen LogP contribution in [0.2, 0.25) is 0 Å². The van der Waals surface area contributed by atoms with Gasteiger partial charge in [0.15, 0.2) is 0 Å². The summed E-state index contributed by atoms with van der Waals surface area (Å²) < 4.78 is 5.49. The van der Waals surface area contributed by atoms with Crippen molar-refractivity contribution in [1.82, 2.24) is 20.5 Å². The maximum atomic E-state index is 11.6. The summed E-state index contributed by atoms with van der Waals surface area (Å²) in [7, 11) is 0. The van der Waals surface area contributed by atoms with Gasteiger partial charge in [0.1, 0.15) is 0 Å². The minimum Gasteiger partial charge on any atom is -0.411 e. The maximum Gasteiger partial charge on any atom is 0.277 e. The van der Waals surface area contributed by atoms with E-state index < -0.39 is 0 Å². The van der Waals surface area contributed by atoms with Crippen molar-refractivity contribution in [3.63, 3.8) is 0 Å². The second-order valence-electron chi connectivity index (χ2n) is 3.77. The van der Waals surface area contributed by atoms with Crippen LogP contribution in [0.25, 0.3) is 11.5 Å². The molecule has 0 unspecified atom stereocenters. The van der Waals surface area contributed by atoms with Gasteiger partial charge in [0.25, 0.3) is 5.22 Å². The van der Waals surface area contributed by atoms with E-state index in [0.29, 0.717) is 17.7 Å². The summed E-state index contributed by atoms with van der Waals surface area (Å²) in [6.07, 6.45) is 3.32. The van der Waals surface area contributed by atoms with Crippen LogP contribution >= 0.6 is 11.8 Å². The molecule has 7 heteroatoms. The van der Waals surface area contributed by atoms with Crippen molar-refractivity contribution in [2.45, 2.75) is 24.3 Å². The van der Waals surface area contributed by atoms with Gasteiger partial charge >= 0.3 is 0 Å². The van der Waals surface area contributed by atoms with E-state index in [4.69, 9.17) is 4.42 Å². The molecule has 0 saturated carbocycles. The molecule has 100 valence electrons. The summed E-state index contributed by atoms with van der Waals surface area (Å²) in [5.74, 6) is 0.354. The number of rotatable bonds is 5. The second-order valence-corrected chi connectivity index (χ2v) is 5.06. The van der Waals surface area contributed by atoms with Gasteiger partial charge in [-0.2, -0.15) is 0 Å². The SMILES string of the molecule is CCNC(=O)[C@@H](C)Sc1nnc(-c2cccnc2)o1. The Hall–Kier alpha value is -1.89. The third-order valence-electron chi connectivity index (χ3n) is 2.31. The van der Waals surface area contributed by atoms with E-state index in [9.17, 15) is 4.79 Å².